The first-order chi connectivity index (χ1) is 2.73. The van der Waals surface area contributed by atoms with E-state index >= 15 is 0 Å². The van der Waals surface area contributed by atoms with E-state index in [4.69, 9.17) is 15.0 Å². The smallest absolute Gasteiger partial charge is 0.300 e. The number of hydrogen-bond donors (Lipinski definition) is 2. The Balaban J connectivity index is -0.0000000480. The molecule has 0 aliphatic rings. The Morgan fingerprint density at radius 2 is 1.43 bits per heavy atom. The molecule has 0 spiro atoms. The van der Waals surface area contributed by atoms with Crippen LogP contribution in [-0.4, -0.2) is 23.3 Å². The molecule has 0 bridgehead atoms. The minimum atomic E-state index is -0.833. The molecule has 0 fully saturated rings. The summed E-state index contributed by atoms with van der Waals surface area (Å²) in [7, 11) is 1.00. The van der Waals surface area contributed by atoms with Crippen LogP contribution in [0.25, 0.3) is 0 Å². The first-order valence-corrected chi connectivity index (χ1v) is 1.37. The third kappa shape index (κ3) is 36400. The Morgan fingerprint density at radius 3 is 1.43 bits per heavy atom. The van der Waals surface area contributed by atoms with Crippen LogP contribution >= 0.6 is 0 Å². The second kappa shape index (κ2) is 16.8. The fourth-order valence-electron chi connectivity index (χ4n) is 0. The van der Waals surface area contributed by atoms with Crippen LogP contribution in [0, 0.1) is 0 Å². The average Bonchev–Trinajstić information content (AvgIpc) is 1.41. The van der Waals surface area contributed by atoms with Gasteiger partial charge in [-0.25, -0.2) is 0 Å². The quantitative estimate of drug-likeness (QED) is 0.462. The van der Waals surface area contributed by atoms with Crippen LogP contribution in [0.1, 0.15) is 6.92 Å². The minimum Gasteiger partial charge on any atom is -0.481 e. The van der Waals surface area contributed by atoms with Gasteiger partial charge >= 0.3 is 0 Å². The molecule has 3 nitrogen and oxygen atoms in total. The molecule has 1 radical (unpaired) electrons. The summed E-state index contributed by atoms with van der Waals surface area (Å²) < 4.78 is 0. The third-order valence-electron chi connectivity index (χ3n) is 0. The van der Waals surface area contributed by atoms with Gasteiger partial charge in [0.15, 0.2) is 0 Å². The van der Waals surface area contributed by atoms with E-state index in [2.05, 4.69) is 0 Å². The van der Waals surface area contributed by atoms with Crippen LogP contribution in [-0.2, 0) is 21.9 Å². The Kier molecular flexibility index (Phi) is 37.7. The van der Waals surface area contributed by atoms with Gasteiger partial charge in [-0.05, 0) is 0 Å². The molecule has 0 aromatic heterocycles. The van der Waals surface area contributed by atoms with E-state index in [1.807, 2.05) is 0 Å². The molecule has 0 aliphatic carbocycles. The molecular weight excluding hydrogens is 139 g/mol. The molecule has 0 amide bonds. The topological polar surface area (TPSA) is 57.5 Å². The maximum Gasteiger partial charge on any atom is 0.300 e. The maximum absolute atomic E-state index is 9.00. The summed E-state index contributed by atoms with van der Waals surface area (Å²) in [6.45, 7) is 1.08. The minimum absolute atomic E-state index is 0. The van der Waals surface area contributed by atoms with Crippen LogP contribution < -0.4 is 0 Å². The summed E-state index contributed by atoms with van der Waals surface area (Å²) in [5.74, 6) is -0.833. The summed E-state index contributed by atoms with van der Waals surface area (Å²) >= 11 is 0. The van der Waals surface area contributed by atoms with Crippen molar-refractivity contribution in [2.75, 3.05) is 7.11 Å². The maximum atomic E-state index is 9.00. The van der Waals surface area contributed by atoms with Gasteiger partial charge < -0.3 is 10.2 Å². The first-order valence-electron chi connectivity index (χ1n) is 1.37. The summed E-state index contributed by atoms with van der Waals surface area (Å²) in [6.07, 6.45) is 0. The van der Waals surface area contributed by atoms with Crippen molar-refractivity contribution in [3.8, 4) is 0 Å². The number of aliphatic hydroxyl groups excluding tert-OH is 1. The van der Waals surface area contributed by atoms with Gasteiger partial charge in [-0.2, -0.15) is 0 Å². The standard InChI is InChI=1S/C2H4O2.CH4O.Mn/c1-2(3)4;1-2;/h1H3,(H,3,4);2H,1H3;. The Morgan fingerprint density at radius 1 is 1.43 bits per heavy atom. The van der Waals surface area contributed by atoms with Crippen molar-refractivity contribution < 1.29 is 32.1 Å². The Bertz CT molecular complexity index is 33.2. The van der Waals surface area contributed by atoms with Crippen molar-refractivity contribution in [1.82, 2.24) is 0 Å². The molecule has 0 saturated carbocycles. The van der Waals surface area contributed by atoms with E-state index in [1.165, 1.54) is 0 Å². The number of aliphatic carboxylic acids is 1. The van der Waals surface area contributed by atoms with E-state index in [-0.39, 0.29) is 17.1 Å². The van der Waals surface area contributed by atoms with Crippen LogP contribution in [0.3, 0.4) is 0 Å². The Labute approximate surface area is 52.8 Å². The average molecular weight is 147 g/mol. The predicted octanol–water partition coefficient (Wildman–Crippen LogP) is -0.303. The second-order valence-electron chi connectivity index (χ2n) is 0.519. The number of carboxylic acids is 1. The second-order valence-corrected chi connectivity index (χ2v) is 0.519. The normalized spacial score (nSPS) is 4.43. The molecule has 4 heteroatoms. The van der Waals surface area contributed by atoms with E-state index in [9.17, 15) is 0 Å². The van der Waals surface area contributed by atoms with Crippen molar-refractivity contribution in [3.63, 3.8) is 0 Å². The molecule has 0 aliphatic heterocycles. The van der Waals surface area contributed by atoms with E-state index in [0.29, 0.717) is 0 Å². The zero-order valence-electron chi connectivity index (χ0n) is 4.18. The molecule has 0 heterocycles. The van der Waals surface area contributed by atoms with Crippen molar-refractivity contribution in [2.45, 2.75) is 6.92 Å². The van der Waals surface area contributed by atoms with E-state index in [1.54, 1.807) is 0 Å². The summed E-state index contributed by atoms with van der Waals surface area (Å²) in [6, 6.07) is 0. The molecule has 0 aromatic rings. The largest absolute Gasteiger partial charge is 0.481 e. The number of aliphatic hydroxyl groups is 1. The van der Waals surface area contributed by atoms with Crippen LogP contribution in [0.5, 0.6) is 0 Å². The predicted molar refractivity (Wildman–Crippen MR) is 21.5 cm³/mol. The van der Waals surface area contributed by atoms with Gasteiger partial charge in [0.1, 0.15) is 0 Å². The van der Waals surface area contributed by atoms with Gasteiger partial charge in [0.2, 0.25) is 0 Å². The van der Waals surface area contributed by atoms with Crippen molar-refractivity contribution in [2.24, 2.45) is 0 Å². The summed E-state index contributed by atoms with van der Waals surface area (Å²) in [5.41, 5.74) is 0. The van der Waals surface area contributed by atoms with Gasteiger partial charge in [0.05, 0.1) is 0 Å². The molecule has 0 saturated heterocycles. The van der Waals surface area contributed by atoms with Gasteiger partial charge in [0.25, 0.3) is 5.97 Å². The van der Waals surface area contributed by atoms with E-state index < -0.39 is 5.97 Å². The van der Waals surface area contributed by atoms with Crippen molar-refractivity contribution in [1.29, 1.82) is 0 Å². The zero-order chi connectivity index (χ0) is 5.58. The molecule has 2 N–H and O–H groups in total. The van der Waals surface area contributed by atoms with Gasteiger partial charge in [-0.1, -0.05) is 0 Å². The monoisotopic (exact) mass is 147 g/mol. The van der Waals surface area contributed by atoms with Gasteiger partial charge in [-0.3, -0.25) is 4.79 Å². The van der Waals surface area contributed by atoms with Gasteiger partial charge in [0, 0.05) is 31.1 Å². The summed E-state index contributed by atoms with van der Waals surface area (Å²) in [5, 5.41) is 14.4. The molecular formula is C3H8MnO3. The SMILES string of the molecule is CC(=O)O.CO.[Mn]. The number of carbonyl (C=O) groups is 1. The van der Waals surface area contributed by atoms with Crippen LogP contribution in [0.2, 0.25) is 0 Å². The number of hydrogen-bond acceptors (Lipinski definition) is 2. The molecule has 45 valence electrons. The molecule has 0 aromatic carbocycles. The number of carboxylic acid groups (broad SMARTS) is 1. The van der Waals surface area contributed by atoms with E-state index in [0.717, 1.165) is 14.0 Å². The molecule has 0 unspecified atom stereocenters. The van der Waals surface area contributed by atoms with Crippen LogP contribution in [0.4, 0.5) is 0 Å². The Hall–Kier alpha value is -0.0505. The molecule has 0 rings (SSSR count). The first kappa shape index (κ1) is 15.8. The van der Waals surface area contributed by atoms with Crippen LogP contribution in [0.15, 0.2) is 0 Å². The zero-order valence-corrected chi connectivity index (χ0v) is 5.36. The molecule has 0 atom stereocenters. The van der Waals surface area contributed by atoms with Crippen molar-refractivity contribution >= 4 is 5.97 Å². The van der Waals surface area contributed by atoms with Crippen molar-refractivity contribution in [3.05, 3.63) is 0 Å². The molecule has 7 heavy (non-hydrogen) atoms. The number of rotatable bonds is 0. The fraction of sp³-hybridized carbons (Fsp3) is 0.667. The fourth-order valence-corrected chi connectivity index (χ4v) is 0. The summed E-state index contributed by atoms with van der Waals surface area (Å²) in [4.78, 5) is 9.00. The van der Waals surface area contributed by atoms with Gasteiger partial charge in [-0.15, -0.1) is 0 Å². The third-order valence-corrected chi connectivity index (χ3v) is 0.